The van der Waals surface area contributed by atoms with Crippen molar-refractivity contribution in [1.29, 1.82) is 0 Å². The molecule has 1 fully saturated rings. The largest absolute Gasteiger partial charge is 0.0654 e. The summed E-state index contributed by atoms with van der Waals surface area (Å²) in [6.45, 7) is 7.07. The normalized spacial score (nSPS) is 33.0. The molecule has 0 aliphatic heterocycles. The van der Waals surface area contributed by atoms with E-state index in [9.17, 15) is 0 Å². The molecule has 3 atom stereocenters. The van der Waals surface area contributed by atoms with Gasteiger partial charge >= 0.3 is 0 Å². The summed E-state index contributed by atoms with van der Waals surface area (Å²) in [5.74, 6) is 3.22. The van der Waals surface area contributed by atoms with Crippen LogP contribution in [0.15, 0.2) is 0 Å². The summed E-state index contributed by atoms with van der Waals surface area (Å²) in [4.78, 5) is 0. The molecule has 0 saturated heterocycles. The van der Waals surface area contributed by atoms with Crippen LogP contribution in [0.1, 0.15) is 65.7 Å². The third-order valence-electron chi connectivity index (χ3n) is 3.83. The smallest absolute Gasteiger partial charge is 0.0360 e. The predicted molar refractivity (Wildman–Crippen MR) is 59.8 cm³/mol. The first-order valence-corrected chi connectivity index (χ1v) is 6.29. The second-order valence-electron chi connectivity index (χ2n) is 4.92. The monoisotopic (exact) mass is 182 g/mol. The minimum absolute atomic E-state index is 1.04. The molecule has 0 amide bonds. The van der Waals surface area contributed by atoms with Crippen molar-refractivity contribution in [3.63, 3.8) is 0 Å². The van der Waals surface area contributed by atoms with E-state index >= 15 is 0 Å². The van der Waals surface area contributed by atoms with Gasteiger partial charge in [0.15, 0.2) is 0 Å². The van der Waals surface area contributed by atoms with Gasteiger partial charge in [-0.25, -0.2) is 0 Å². The lowest BCUT2D eigenvalue weighted by Crippen LogP contribution is -2.34. The first-order chi connectivity index (χ1) is 6.29. The Hall–Kier alpha value is 0. The molecule has 0 radical (unpaired) electrons. The van der Waals surface area contributed by atoms with Crippen molar-refractivity contribution in [2.75, 3.05) is 0 Å². The molecule has 0 heteroatoms. The zero-order valence-electron chi connectivity index (χ0n) is 9.68. The van der Waals surface area contributed by atoms with Gasteiger partial charge in [-0.2, -0.15) is 0 Å². The Labute approximate surface area is 84.1 Å². The van der Waals surface area contributed by atoms with E-state index < -0.39 is 0 Å². The number of rotatable bonds is 6. The van der Waals surface area contributed by atoms with Crippen LogP contribution in [0, 0.1) is 17.8 Å². The van der Waals surface area contributed by atoms with E-state index in [-0.39, 0.29) is 0 Å². The average molecular weight is 182 g/mol. The van der Waals surface area contributed by atoms with Crippen LogP contribution < -0.4 is 0 Å². The van der Waals surface area contributed by atoms with E-state index in [4.69, 9.17) is 0 Å². The van der Waals surface area contributed by atoms with Crippen molar-refractivity contribution in [3.05, 3.63) is 0 Å². The topological polar surface area (TPSA) is 0 Å². The molecule has 1 aliphatic rings. The lowest BCUT2D eigenvalue weighted by molar-refractivity contribution is 0.0660. The Kier molecular flexibility index (Phi) is 4.83. The van der Waals surface area contributed by atoms with E-state index in [1.54, 1.807) is 0 Å². The van der Waals surface area contributed by atoms with Crippen LogP contribution >= 0.6 is 0 Å². The van der Waals surface area contributed by atoms with Gasteiger partial charge in [-0.3, -0.25) is 0 Å². The molecule has 0 bridgehead atoms. The number of hydrogen-bond donors (Lipinski definition) is 0. The Morgan fingerprint density at radius 3 is 2.15 bits per heavy atom. The average Bonchev–Trinajstić information content (AvgIpc) is 2.12. The van der Waals surface area contributed by atoms with Crippen LogP contribution in [-0.4, -0.2) is 0 Å². The summed E-state index contributed by atoms with van der Waals surface area (Å²) in [5, 5.41) is 0. The molecule has 78 valence electrons. The highest BCUT2D eigenvalue weighted by Gasteiger charge is 2.36. The maximum Gasteiger partial charge on any atom is -0.0360 e. The van der Waals surface area contributed by atoms with Crippen LogP contribution in [0.4, 0.5) is 0 Å². The summed E-state index contributed by atoms with van der Waals surface area (Å²) >= 11 is 0. The van der Waals surface area contributed by atoms with Gasteiger partial charge in [0.1, 0.15) is 0 Å². The molecule has 1 saturated carbocycles. The number of hydrogen-bond acceptors (Lipinski definition) is 0. The Balaban J connectivity index is 2.16. The maximum atomic E-state index is 2.45. The summed E-state index contributed by atoms with van der Waals surface area (Å²) in [5.41, 5.74) is 0. The summed E-state index contributed by atoms with van der Waals surface area (Å²) in [6, 6.07) is 0. The molecule has 0 aromatic rings. The summed E-state index contributed by atoms with van der Waals surface area (Å²) < 4.78 is 0. The zero-order valence-corrected chi connectivity index (χ0v) is 9.68. The fourth-order valence-corrected chi connectivity index (χ4v) is 2.85. The minimum Gasteiger partial charge on any atom is -0.0654 e. The molecule has 0 heterocycles. The first kappa shape index (κ1) is 11.1. The van der Waals surface area contributed by atoms with Gasteiger partial charge in [0.2, 0.25) is 0 Å². The van der Waals surface area contributed by atoms with Crippen LogP contribution in [0.3, 0.4) is 0 Å². The highest BCUT2D eigenvalue weighted by atomic mass is 14.4. The molecule has 0 aromatic carbocycles. The van der Waals surface area contributed by atoms with E-state index in [0.717, 1.165) is 17.8 Å². The second-order valence-corrected chi connectivity index (χ2v) is 4.92. The Morgan fingerprint density at radius 2 is 1.62 bits per heavy atom. The Morgan fingerprint density at radius 1 is 1.00 bits per heavy atom. The standard InChI is InChI=1S/C13H26/c1-4-6-8-12-10-11(3)13(12)9-7-5-2/h11-13H,4-10H2,1-3H3. The van der Waals surface area contributed by atoms with Gasteiger partial charge < -0.3 is 0 Å². The van der Waals surface area contributed by atoms with E-state index in [1.807, 2.05) is 0 Å². The van der Waals surface area contributed by atoms with Crippen molar-refractivity contribution < 1.29 is 0 Å². The lowest BCUT2D eigenvalue weighted by Gasteiger charge is -2.43. The highest BCUT2D eigenvalue weighted by molar-refractivity contribution is 4.86. The highest BCUT2D eigenvalue weighted by Crippen LogP contribution is 2.45. The Bertz CT molecular complexity index is 128. The van der Waals surface area contributed by atoms with Crippen molar-refractivity contribution >= 4 is 0 Å². The molecule has 0 nitrogen and oxygen atoms in total. The van der Waals surface area contributed by atoms with Crippen molar-refractivity contribution in [2.45, 2.75) is 65.7 Å². The van der Waals surface area contributed by atoms with Gasteiger partial charge in [-0.15, -0.1) is 0 Å². The van der Waals surface area contributed by atoms with Crippen molar-refractivity contribution in [1.82, 2.24) is 0 Å². The third kappa shape index (κ3) is 3.00. The molecular weight excluding hydrogens is 156 g/mol. The zero-order chi connectivity index (χ0) is 9.68. The van der Waals surface area contributed by atoms with Crippen molar-refractivity contribution in [2.24, 2.45) is 17.8 Å². The van der Waals surface area contributed by atoms with Gasteiger partial charge in [0.25, 0.3) is 0 Å². The van der Waals surface area contributed by atoms with Crippen molar-refractivity contribution in [3.8, 4) is 0 Å². The molecular formula is C13H26. The van der Waals surface area contributed by atoms with E-state index in [2.05, 4.69) is 20.8 Å². The van der Waals surface area contributed by atoms with Gasteiger partial charge in [-0.05, 0) is 30.6 Å². The van der Waals surface area contributed by atoms with E-state index in [0.29, 0.717) is 0 Å². The fraction of sp³-hybridized carbons (Fsp3) is 1.00. The second kappa shape index (κ2) is 5.67. The van der Waals surface area contributed by atoms with Gasteiger partial charge in [-0.1, -0.05) is 52.9 Å². The minimum atomic E-state index is 1.04. The van der Waals surface area contributed by atoms with Crippen LogP contribution in [-0.2, 0) is 0 Å². The summed E-state index contributed by atoms with van der Waals surface area (Å²) in [7, 11) is 0. The van der Waals surface area contributed by atoms with Gasteiger partial charge in [0, 0.05) is 0 Å². The summed E-state index contributed by atoms with van der Waals surface area (Å²) in [6.07, 6.45) is 10.2. The van der Waals surface area contributed by atoms with Gasteiger partial charge in [0.05, 0.1) is 0 Å². The maximum absolute atomic E-state index is 2.45. The third-order valence-corrected chi connectivity index (χ3v) is 3.83. The molecule has 3 unspecified atom stereocenters. The molecule has 0 aromatic heterocycles. The molecule has 13 heavy (non-hydrogen) atoms. The lowest BCUT2D eigenvalue weighted by atomic mass is 9.62. The van der Waals surface area contributed by atoms with Crippen LogP contribution in [0.25, 0.3) is 0 Å². The number of unbranched alkanes of at least 4 members (excludes halogenated alkanes) is 2. The first-order valence-electron chi connectivity index (χ1n) is 6.29. The molecule has 0 N–H and O–H groups in total. The SMILES string of the molecule is CCCCC1CC(C)C1CCCC. The fourth-order valence-electron chi connectivity index (χ4n) is 2.85. The van der Waals surface area contributed by atoms with Crippen LogP contribution in [0.2, 0.25) is 0 Å². The van der Waals surface area contributed by atoms with E-state index in [1.165, 1.54) is 44.9 Å². The molecule has 1 aliphatic carbocycles. The molecule has 0 spiro atoms. The predicted octanol–water partition coefficient (Wildman–Crippen LogP) is 4.64. The quantitative estimate of drug-likeness (QED) is 0.561. The molecule has 1 rings (SSSR count). The van der Waals surface area contributed by atoms with Crippen LogP contribution in [0.5, 0.6) is 0 Å².